The largest absolute Gasteiger partial charge is 0.455 e. The van der Waals surface area contributed by atoms with Gasteiger partial charge in [0.2, 0.25) is 0 Å². The average Bonchev–Trinajstić information content (AvgIpc) is 2.44. The van der Waals surface area contributed by atoms with Crippen LogP contribution in [-0.2, 0) is 13.0 Å². The Morgan fingerprint density at radius 2 is 1.95 bits per heavy atom. The number of hydrogen-bond donors (Lipinski definition) is 1. The van der Waals surface area contributed by atoms with E-state index in [0.29, 0.717) is 0 Å². The fourth-order valence-electron chi connectivity index (χ4n) is 2.04. The molecule has 106 valence electrons. The molecule has 0 bridgehead atoms. The highest BCUT2D eigenvalue weighted by Crippen LogP contribution is 2.28. The summed E-state index contributed by atoms with van der Waals surface area (Å²) in [6, 6.07) is 5.92. The molecule has 0 amide bonds. The van der Waals surface area contributed by atoms with Crippen LogP contribution in [0.15, 0.2) is 24.4 Å². The van der Waals surface area contributed by atoms with Gasteiger partial charge in [-0.1, -0.05) is 6.92 Å². The molecule has 4 nitrogen and oxygen atoms in total. The van der Waals surface area contributed by atoms with Gasteiger partial charge in [-0.05, 0) is 39.4 Å². The van der Waals surface area contributed by atoms with Crippen molar-refractivity contribution in [1.82, 2.24) is 15.3 Å². The van der Waals surface area contributed by atoms with Gasteiger partial charge in [-0.2, -0.15) is 0 Å². The third kappa shape index (κ3) is 3.33. The summed E-state index contributed by atoms with van der Waals surface area (Å²) in [5.41, 5.74) is 3.98. The predicted octanol–water partition coefficient (Wildman–Crippen LogP) is 3.17. The standard InChI is InChI=1S/C16H21N3O/c1-5-14-15(7-6-11(2)19-14)20-16-8-12(3)18-10-13(16)9-17-4/h6-8,10,17H,5,9H2,1-4H3. The SMILES string of the molecule is CCc1nc(C)ccc1Oc1cc(C)ncc1CNC. The highest BCUT2D eigenvalue weighted by molar-refractivity contribution is 5.39. The summed E-state index contributed by atoms with van der Waals surface area (Å²) in [6.45, 7) is 6.76. The first kappa shape index (κ1) is 14.5. The van der Waals surface area contributed by atoms with Crippen molar-refractivity contribution in [2.45, 2.75) is 33.7 Å². The molecule has 0 saturated heterocycles. The van der Waals surface area contributed by atoms with E-state index in [4.69, 9.17) is 4.74 Å². The Morgan fingerprint density at radius 3 is 2.65 bits per heavy atom. The minimum Gasteiger partial charge on any atom is -0.455 e. The van der Waals surface area contributed by atoms with Crippen LogP contribution in [0.1, 0.15) is 29.6 Å². The Bertz CT molecular complexity index is 596. The third-order valence-electron chi connectivity index (χ3n) is 3.07. The molecule has 0 radical (unpaired) electrons. The maximum atomic E-state index is 6.08. The molecule has 0 fully saturated rings. The zero-order valence-corrected chi connectivity index (χ0v) is 12.5. The van der Waals surface area contributed by atoms with E-state index in [-0.39, 0.29) is 0 Å². The molecule has 2 rings (SSSR count). The van der Waals surface area contributed by atoms with Gasteiger partial charge < -0.3 is 10.1 Å². The van der Waals surface area contributed by atoms with Crippen LogP contribution < -0.4 is 10.1 Å². The number of aryl methyl sites for hydroxylation is 3. The molecular weight excluding hydrogens is 250 g/mol. The molecular formula is C16H21N3O. The van der Waals surface area contributed by atoms with Crippen LogP contribution in [0.5, 0.6) is 11.5 Å². The lowest BCUT2D eigenvalue weighted by molar-refractivity contribution is 0.463. The van der Waals surface area contributed by atoms with E-state index in [0.717, 1.165) is 47.1 Å². The van der Waals surface area contributed by atoms with Gasteiger partial charge >= 0.3 is 0 Å². The van der Waals surface area contributed by atoms with Crippen LogP contribution in [0.3, 0.4) is 0 Å². The van der Waals surface area contributed by atoms with Gasteiger partial charge in [0, 0.05) is 35.8 Å². The molecule has 2 heterocycles. The number of aromatic nitrogens is 2. The van der Waals surface area contributed by atoms with E-state index in [1.807, 2.05) is 45.3 Å². The van der Waals surface area contributed by atoms with Crippen LogP contribution in [0, 0.1) is 13.8 Å². The molecule has 0 atom stereocenters. The van der Waals surface area contributed by atoms with Crippen molar-refractivity contribution in [3.8, 4) is 11.5 Å². The number of nitrogens with one attached hydrogen (secondary N) is 1. The van der Waals surface area contributed by atoms with Gasteiger partial charge in [0.25, 0.3) is 0 Å². The number of nitrogens with zero attached hydrogens (tertiary/aromatic N) is 2. The van der Waals surface area contributed by atoms with Crippen molar-refractivity contribution in [2.24, 2.45) is 0 Å². The Hall–Kier alpha value is -1.94. The van der Waals surface area contributed by atoms with E-state index in [1.165, 1.54) is 0 Å². The van der Waals surface area contributed by atoms with Crippen LogP contribution in [0.2, 0.25) is 0 Å². The fraction of sp³-hybridized carbons (Fsp3) is 0.375. The number of ether oxygens (including phenoxy) is 1. The third-order valence-corrected chi connectivity index (χ3v) is 3.07. The van der Waals surface area contributed by atoms with E-state index in [2.05, 4.69) is 22.2 Å². The lowest BCUT2D eigenvalue weighted by Gasteiger charge is -2.14. The summed E-state index contributed by atoms with van der Waals surface area (Å²) >= 11 is 0. The second-order valence-electron chi connectivity index (χ2n) is 4.82. The lowest BCUT2D eigenvalue weighted by atomic mass is 10.2. The van der Waals surface area contributed by atoms with Crippen molar-refractivity contribution >= 4 is 0 Å². The minimum absolute atomic E-state index is 0.726. The maximum absolute atomic E-state index is 6.08. The lowest BCUT2D eigenvalue weighted by Crippen LogP contribution is -2.07. The van der Waals surface area contributed by atoms with Gasteiger partial charge in [0.15, 0.2) is 0 Å². The molecule has 0 aliphatic heterocycles. The second kappa shape index (κ2) is 6.48. The summed E-state index contributed by atoms with van der Waals surface area (Å²) < 4.78 is 6.08. The number of rotatable bonds is 5. The second-order valence-corrected chi connectivity index (χ2v) is 4.82. The number of pyridine rings is 2. The average molecular weight is 271 g/mol. The summed E-state index contributed by atoms with van der Waals surface area (Å²) in [4.78, 5) is 8.85. The molecule has 1 N–H and O–H groups in total. The van der Waals surface area contributed by atoms with Crippen molar-refractivity contribution in [1.29, 1.82) is 0 Å². The zero-order valence-electron chi connectivity index (χ0n) is 12.5. The summed E-state index contributed by atoms with van der Waals surface area (Å²) in [6.07, 6.45) is 2.71. The van der Waals surface area contributed by atoms with Gasteiger partial charge in [-0.3, -0.25) is 9.97 Å². The van der Waals surface area contributed by atoms with Crippen molar-refractivity contribution in [2.75, 3.05) is 7.05 Å². The van der Waals surface area contributed by atoms with E-state index in [9.17, 15) is 0 Å². The zero-order chi connectivity index (χ0) is 14.5. The van der Waals surface area contributed by atoms with E-state index < -0.39 is 0 Å². The van der Waals surface area contributed by atoms with E-state index in [1.54, 1.807) is 0 Å². The van der Waals surface area contributed by atoms with Crippen LogP contribution in [0.25, 0.3) is 0 Å². The van der Waals surface area contributed by atoms with Crippen LogP contribution in [-0.4, -0.2) is 17.0 Å². The van der Waals surface area contributed by atoms with Crippen LogP contribution in [0.4, 0.5) is 0 Å². The number of hydrogen-bond acceptors (Lipinski definition) is 4. The molecule has 0 aliphatic rings. The minimum atomic E-state index is 0.726. The Balaban J connectivity index is 2.36. The topological polar surface area (TPSA) is 47.0 Å². The first-order chi connectivity index (χ1) is 9.63. The molecule has 4 heteroatoms. The highest BCUT2D eigenvalue weighted by atomic mass is 16.5. The monoisotopic (exact) mass is 271 g/mol. The first-order valence-corrected chi connectivity index (χ1v) is 6.88. The molecule has 0 unspecified atom stereocenters. The van der Waals surface area contributed by atoms with Crippen molar-refractivity contribution in [3.63, 3.8) is 0 Å². The van der Waals surface area contributed by atoms with Gasteiger partial charge in [0.05, 0.1) is 5.69 Å². The summed E-state index contributed by atoms with van der Waals surface area (Å²) in [5.74, 6) is 1.66. The van der Waals surface area contributed by atoms with E-state index >= 15 is 0 Å². The Kier molecular flexibility index (Phi) is 4.69. The predicted molar refractivity (Wildman–Crippen MR) is 80.2 cm³/mol. The van der Waals surface area contributed by atoms with Gasteiger partial charge in [0.1, 0.15) is 11.5 Å². The smallest absolute Gasteiger partial charge is 0.148 e. The van der Waals surface area contributed by atoms with Gasteiger partial charge in [-0.25, -0.2) is 0 Å². The molecule has 0 spiro atoms. The summed E-state index contributed by atoms with van der Waals surface area (Å²) in [7, 11) is 1.91. The molecule has 0 aliphatic carbocycles. The van der Waals surface area contributed by atoms with Crippen molar-refractivity contribution in [3.05, 3.63) is 47.0 Å². The highest BCUT2D eigenvalue weighted by Gasteiger charge is 2.09. The maximum Gasteiger partial charge on any atom is 0.148 e. The first-order valence-electron chi connectivity index (χ1n) is 6.88. The van der Waals surface area contributed by atoms with Crippen LogP contribution >= 0.6 is 0 Å². The van der Waals surface area contributed by atoms with Gasteiger partial charge in [-0.15, -0.1) is 0 Å². The Labute approximate surface area is 120 Å². The normalized spacial score (nSPS) is 10.6. The van der Waals surface area contributed by atoms with Crippen molar-refractivity contribution < 1.29 is 4.74 Å². The molecule has 2 aromatic heterocycles. The summed E-state index contributed by atoms with van der Waals surface area (Å²) in [5, 5.41) is 3.13. The molecule has 0 aromatic carbocycles. The molecule has 20 heavy (non-hydrogen) atoms. The quantitative estimate of drug-likeness (QED) is 0.907. The molecule has 0 saturated carbocycles. The fourth-order valence-corrected chi connectivity index (χ4v) is 2.04. The molecule has 2 aromatic rings. The Morgan fingerprint density at radius 1 is 1.15 bits per heavy atom.